The van der Waals surface area contributed by atoms with E-state index in [1.54, 1.807) is 17.8 Å². The van der Waals surface area contributed by atoms with Crippen molar-refractivity contribution in [2.24, 2.45) is 0 Å². The largest absolute Gasteiger partial charge is 0.356 e. The minimum Gasteiger partial charge on any atom is -0.356 e. The summed E-state index contributed by atoms with van der Waals surface area (Å²) in [7, 11) is -3.56. The van der Waals surface area contributed by atoms with Crippen molar-refractivity contribution < 1.29 is 13.2 Å². The number of amides is 1. The third-order valence-corrected chi connectivity index (χ3v) is 7.63. The molecule has 0 radical (unpaired) electrons. The van der Waals surface area contributed by atoms with Crippen LogP contribution in [-0.4, -0.2) is 48.2 Å². The van der Waals surface area contributed by atoms with Gasteiger partial charge in [0.05, 0.1) is 0 Å². The Bertz CT molecular complexity index is 890. The number of aryl methyl sites for hydroxylation is 1. The normalized spacial score (nSPS) is 15.9. The summed E-state index contributed by atoms with van der Waals surface area (Å²) in [6, 6.07) is 6.86. The van der Waals surface area contributed by atoms with Gasteiger partial charge in [0.2, 0.25) is 10.0 Å². The van der Waals surface area contributed by atoms with E-state index in [1.807, 2.05) is 19.1 Å². The predicted octanol–water partition coefficient (Wildman–Crippen LogP) is 3.08. The van der Waals surface area contributed by atoms with Gasteiger partial charge in [-0.3, -0.25) is 4.79 Å². The van der Waals surface area contributed by atoms with E-state index in [4.69, 9.17) is 0 Å². The molecule has 1 aliphatic rings. The number of nitrogens with one attached hydrogen (secondary N) is 2. The van der Waals surface area contributed by atoms with Crippen LogP contribution < -0.4 is 5.32 Å². The van der Waals surface area contributed by atoms with Gasteiger partial charge in [0, 0.05) is 41.0 Å². The molecule has 0 spiro atoms. The number of aromatic amines is 1. The molecule has 0 bridgehead atoms. The Balaban J connectivity index is 1.76. The van der Waals surface area contributed by atoms with Crippen LogP contribution in [0.4, 0.5) is 5.69 Å². The lowest BCUT2D eigenvalue weighted by atomic mass is 10.2. The van der Waals surface area contributed by atoms with Crippen LogP contribution in [0.3, 0.4) is 0 Å². The summed E-state index contributed by atoms with van der Waals surface area (Å²) in [5.74, 6) is 1.21. The third-order valence-electron chi connectivity index (χ3n) is 3.92. The highest BCUT2D eigenvalue weighted by Gasteiger charge is 2.27. The molecule has 0 unspecified atom stereocenters. The van der Waals surface area contributed by atoms with Gasteiger partial charge in [0.15, 0.2) is 0 Å². The number of halogens is 1. The van der Waals surface area contributed by atoms with Crippen molar-refractivity contribution in [3.05, 3.63) is 46.2 Å². The second-order valence-corrected chi connectivity index (χ2v) is 9.70. The van der Waals surface area contributed by atoms with Gasteiger partial charge in [-0.15, -0.1) is 0 Å². The van der Waals surface area contributed by atoms with Crippen molar-refractivity contribution in [2.75, 3.05) is 29.9 Å². The van der Waals surface area contributed by atoms with Crippen LogP contribution in [0.5, 0.6) is 0 Å². The molecule has 0 saturated carbocycles. The van der Waals surface area contributed by atoms with Crippen LogP contribution in [0.25, 0.3) is 0 Å². The van der Waals surface area contributed by atoms with E-state index in [1.165, 1.54) is 16.6 Å². The molecule has 2 heterocycles. The molecule has 1 aliphatic heterocycles. The van der Waals surface area contributed by atoms with E-state index in [-0.39, 0.29) is 16.5 Å². The predicted molar refractivity (Wildman–Crippen MR) is 104 cm³/mol. The first-order valence-electron chi connectivity index (χ1n) is 7.72. The summed E-state index contributed by atoms with van der Waals surface area (Å²) >= 11 is 5.15. The first-order valence-corrected chi connectivity index (χ1v) is 11.1. The lowest BCUT2D eigenvalue weighted by molar-refractivity contribution is 0.102. The molecule has 6 nitrogen and oxygen atoms in total. The topological polar surface area (TPSA) is 82.3 Å². The average molecular weight is 444 g/mol. The summed E-state index contributed by atoms with van der Waals surface area (Å²) in [4.78, 5) is 15.2. The first-order chi connectivity index (χ1) is 11.9. The molecule has 0 atom stereocenters. The van der Waals surface area contributed by atoms with Crippen molar-refractivity contribution in [1.29, 1.82) is 0 Å². The SMILES string of the molecule is Cc1cc(NC(=O)c2cc(S(=O)(=O)N3CCSCC3)c[nH]2)ccc1Br. The highest BCUT2D eigenvalue weighted by Crippen LogP contribution is 2.23. The Morgan fingerprint density at radius 2 is 2.00 bits per heavy atom. The van der Waals surface area contributed by atoms with Crippen molar-refractivity contribution in [3.8, 4) is 0 Å². The lowest BCUT2D eigenvalue weighted by Crippen LogP contribution is -2.37. The highest BCUT2D eigenvalue weighted by molar-refractivity contribution is 9.10. The third kappa shape index (κ3) is 4.11. The molecule has 1 amide bonds. The minimum atomic E-state index is -3.56. The molecular weight excluding hydrogens is 426 g/mol. The molecule has 1 aromatic carbocycles. The number of hydrogen-bond acceptors (Lipinski definition) is 4. The maximum Gasteiger partial charge on any atom is 0.272 e. The number of rotatable bonds is 4. The summed E-state index contributed by atoms with van der Waals surface area (Å²) in [6.45, 7) is 2.92. The quantitative estimate of drug-likeness (QED) is 0.760. The zero-order chi connectivity index (χ0) is 18.0. The van der Waals surface area contributed by atoms with Gasteiger partial charge in [-0.2, -0.15) is 16.1 Å². The molecule has 9 heteroatoms. The van der Waals surface area contributed by atoms with Crippen LogP contribution in [0, 0.1) is 6.92 Å². The van der Waals surface area contributed by atoms with Crippen molar-refractivity contribution in [2.45, 2.75) is 11.8 Å². The zero-order valence-corrected chi connectivity index (χ0v) is 16.8. The van der Waals surface area contributed by atoms with E-state index >= 15 is 0 Å². The fourth-order valence-corrected chi connectivity index (χ4v) is 5.33. The Morgan fingerprint density at radius 3 is 2.68 bits per heavy atom. The standard InChI is InChI=1S/C16H18BrN3O3S2/c1-11-8-12(2-3-14(11)17)19-16(21)15-9-13(10-18-15)25(22,23)20-4-6-24-7-5-20/h2-3,8-10,18H,4-7H2,1H3,(H,19,21). The molecule has 0 aliphatic carbocycles. The lowest BCUT2D eigenvalue weighted by Gasteiger charge is -2.24. The van der Waals surface area contributed by atoms with E-state index in [0.29, 0.717) is 18.8 Å². The molecule has 134 valence electrons. The summed E-state index contributed by atoms with van der Waals surface area (Å²) in [5.41, 5.74) is 1.86. The second kappa shape index (κ2) is 7.53. The van der Waals surface area contributed by atoms with Crippen LogP contribution >= 0.6 is 27.7 Å². The highest BCUT2D eigenvalue weighted by atomic mass is 79.9. The van der Waals surface area contributed by atoms with E-state index in [0.717, 1.165) is 21.5 Å². The Morgan fingerprint density at radius 1 is 1.28 bits per heavy atom. The van der Waals surface area contributed by atoms with Gasteiger partial charge in [-0.1, -0.05) is 15.9 Å². The number of benzene rings is 1. The van der Waals surface area contributed by atoms with Crippen LogP contribution in [0.15, 0.2) is 39.8 Å². The molecule has 1 aromatic heterocycles. The van der Waals surface area contributed by atoms with Gasteiger partial charge in [-0.25, -0.2) is 8.42 Å². The number of thioether (sulfide) groups is 1. The number of carbonyl (C=O) groups excluding carboxylic acids is 1. The monoisotopic (exact) mass is 443 g/mol. The number of hydrogen-bond donors (Lipinski definition) is 2. The maximum atomic E-state index is 12.6. The van der Waals surface area contributed by atoms with Gasteiger partial charge >= 0.3 is 0 Å². The number of anilines is 1. The van der Waals surface area contributed by atoms with Crippen LogP contribution in [0.2, 0.25) is 0 Å². The Kier molecular flexibility index (Phi) is 5.57. The average Bonchev–Trinajstić information content (AvgIpc) is 3.10. The summed E-state index contributed by atoms with van der Waals surface area (Å²) in [5, 5.41) is 2.77. The van der Waals surface area contributed by atoms with Gasteiger partial charge in [-0.05, 0) is 36.8 Å². The van der Waals surface area contributed by atoms with Crippen molar-refractivity contribution >= 4 is 49.3 Å². The van der Waals surface area contributed by atoms with Crippen molar-refractivity contribution in [3.63, 3.8) is 0 Å². The Labute approximate surface area is 159 Å². The number of H-pyrrole nitrogens is 1. The molecule has 2 N–H and O–H groups in total. The van der Waals surface area contributed by atoms with Crippen molar-refractivity contribution in [1.82, 2.24) is 9.29 Å². The maximum absolute atomic E-state index is 12.6. The van der Waals surface area contributed by atoms with E-state index in [2.05, 4.69) is 26.2 Å². The number of aromatic nitrogens is 1. The van der Waals surface area contributed by atoms with Gasteiger partial charge in [0.1, 0.15) is 10.6 Å². The second-order valence-electron chi connectivity index (χ2n) is 5.68. The molecular formula is C16H18BrN3O3S2. The van der Waals surface area contributed by atoms with Gasteiger partial charge in [0.25, 0.3) is 5.91 Å². The molecule has 1 fully saturated rings. The van der Waals surface area contributed by atoms with E-state index < -0.39 is 10.0 Å². The first kappa shape index (κ1) is 18.5. The van der Waals surface area contributed by atoms with Crippen LogP contribution in [0.1, 0.15) is 16.1 Å². The number of nitrogens with zero attached hydrogens (tertiary/aromatic N) is 1. The molecule has 2 aromatic rings. The number of sulfonamides is 1. The Hall–Kier alpha value is -1.29. The fraction of sp³-hybridized carbons (Fsp3) is 0.312. The van der Waals surface area contributed by atoms with Crippen LogP contribution in [-0.2, 0) is 10.0 Å². The zero-order valence-electron chi connectivity index (χ0n) is 13.6. The number of carbonyl (C=O) groups is 1. The molecule has 3 rings (SSSR count). The van der Waals surface area contributed by atoms with Gasteiger partial charge < -0.3 is 10.3 Å². The van der Waals surface area contributed by atoms with E-state index in [9.17, 15) is 13.2 Å². The molecule has 1 saturated heterocycles. The summed E-state index contributed by atoms with van der Waals surface area (Å²) < 4.78 is 27.7. The fourth-order valence-electron chi connectivity index (χ4n) is 2.51. The minimum absolute atomic E-state index is 0.122. The molecule has 25 heavy (non-hydrogen) atoms. The summed E-state index contributed by atoms with van der Waals surface area (Å²) in [6.07, 6.45) is 1.37. The smallest absolute Gasteiger partial charge is 0.272 e.